The summed E-state index contributed by atoms with van der Waals surface area (Å²) in [7, 11) is 0. The highest BCUT2D eigenvalue weighted by Crippen LogP contribution is 2.26. The fourth-order valence-electron chi connectivity index (χ4n) is 2.07. The predicted octanol–water partition coefficient (Wildman–Crippen LogP) is 3.45. The van der Waals surface area contributed by atoms with Crippen molar-refractivity contribution in [1.82, 2.24) is 5.32 Å². The van der Waals surface area contributed by atoms with Crippen molar-refractivity contribution in [2.75, 3.05) is 6.54 Å². The normalized spacial score (nSPS) is 21.4. The van der Waals surface area contributed by atoms with E-state index in [0.717, 1.165) is 16.9 Å². The smallest absolute Gasteiger partial charge is 0.0268 e. The lowest BCUT2D eigenvalue weighted by Crippen LogP contribution is -2.35. The molecule has 1 aliphatic rings. The van der Waals surface area contributed by atoms with Gasteiger partial charge in [-0.15, -0.1) is 0 Å². The van der Waals surface area contributed by atoms with Crippen LogP contribution >= 0.6 is 15.9 Å². The zero-order chi connectivity index (χ0) is 9.68. The fraction of sp³-hybridized carbons (Fsp3) is 0.818. The Bertz CT molecular complexity index is 161. The first-order valence-electron chi connectivity index (χ1n) is 5.27. The van der Waals surface area contributed by atoms with Crippen LogP contribution < -0.4 is 5.32 Å². The van der Waals surface area contributed by atoms with Crippen LogP contribution in [0.25, 0.3) is 0 Å². The van der Waals surface area contributed by atoms with Gasteiger partial charge in [-0.2, -0.15) is 0 Å². The fourth-order valence-corrected chi connectivity index (χ4v) is 2.23. The highest BCUT2D eigenvalue weighted by Gasteiger charge is 2.19. The molecular formula is C11H20BrN. The van der Waals surface area contributed by atoms with Crippen molar-refractivity contribution in [3.8, 4) is 0 Å². The molecule has 1 aliphatic carbocycles. The van der Waals surface area contributed by atoms with E-state index >= 15 is 0 Å². The zero-order valence-corrected chi connectivity index (χ0v) is 10.1. The van der Waals surface area contributed by atoms with Gasteiger partial charge in [0, 0.05) is 17.1 Å². The van der Waals surface area contributed by atoms with Gasteiger partial charge in [-0.25, -0.2) is 0 Å². The van der Waals surface area contributed by atoms with Crippen LogP contribution in [0.1, 0.15) is 39.0 Å². The molecule has 0 aromatic carbocycles. The highest BCUT2D eigenvalue weighted by molar-refractivity contribution is 9.11. The zero-order valence-electron chi connectivity index (χ0n) is 8.48. The maximum Gasteiger partial charge on any atom is 0.0268 e. The number of nitrogens with one attached hydrogen (secondary N) is 1. The van der Waals surface area contributed by atoms with Gasteiger partial charge in [-0.05, 0) is 25.7 Å². The Morgan fingerprint density at radius 1 is 1.46 bits per heavy atom. The second-order valence-corrected chi connectivity index (χ2v) is 5.21. The van der Waals surface area contributed by atoms with E-state index in [1.54, 1.807) is 0 Å². The molecule has 0 saturated heterocycles. The Labute approximate surface area is 90.1 Å². The largest absolute Gasteiger partial charge is 0.309 e. The highest BCUT2D eigenvalue weighted by atomic mass is 79.9. The molecular weight excluding hydrogens is 226 g/mol. The van der Waals surface area contributed by atoms with Crippen LogP contribution in [0.4, 0.5) is 0 Å². The van der Waals surface area contributed by atoms with Gasteiger partial charge >= 0.3 is 0 Å². The minimum Gasteiger partial charge on any atom is -0.309 e. The van der Waals surface area contributed by atoms with Crippen LogP contribution in [0.2, 0.25) is 0 Å². The van der Waals surface area contributed by atoms with Gasteiger partial charge in [0.15, 0.2) is 0 Å². The van der Waals surface area contributed by atoms with Crippen molar-refractivity contribution in [2.45, 2.75) is 45.1 Å². The van der Waals surface area contributed by atoms with Crippen LogP contribution in [0.5, 0.6) is 0 Å². The molecule has 0 aliphatic heterocycles. The minimum absolute atomic E-state index is 0.648. The van der Waals surface area contributed by atoms with E-state index in [0.29, 0.717) is 6.04 Å². The Hall–Kier alpha value is 0.180. The first-order valence-corrected chi connectivity index (χ1v) is 6.06. The molecule has 0 aromatic rings. The lowest BCUT2D eigenvalue weighted by molar-refractivity contribution is 0.287. The number of hydrogen-bond acceptors (Lipinski definition) is 1. The van der Waals surface area contributed by atoms with E-state index in [9.17, 15) is 0 Å². The van der Waals surface area contributed by atoms with Crippen LogP contribution in [0, 0.1) is 5.92 Å². The molecule has 76 valence electrons. The van der Waals surface area contributed by atoms with E-state index in [1.165, 1.54) is 32.1 Å². The molecule has 1 nitrogen and oxygen atoms in total. The molecule has 1 rings (SSSR count). The molecule has 13 heavy (non-hydrogen) atoms. The third-order valence-corrected chi connectivity index (χ3v) is 3.25. The number of hydrogen-bond donors (Lipinski definition) is 1. The summed E-state index contributed by atoms with van der Waals surface area (Å²) in [4.78, 5) is 0. The Balaban J connectivity index is 2.20. The van der Waals surface area contributed by atoms with E-state index in [-0.39, 0.29) is 0 Å². The third-order valence-electron chi connectivity index (χ3n) is 2.97. The van der Waals surface area contributed by atoms with Gasteiger partial charge in [0.2, 0.25) is 0 Å². The maximum absolute atomic E-state index is 3.83. The monoisotopic (exact) mass is 245 g/mol. The Morgan fingerprint density at radius 3 is 2.62 bits per heavy atom. The van der Waals surface area contributed by atoms with Crippen molar-refractivity contribution >= 4 is 15.9 Å². The van der Waals surface area contributed by atoms with Crippen LogP contribution in [-0.2, 0) is 0 Å². The standard InChI is InChI=1S/C11H20BrN/c1-9(12)8-13-10(2)11-6-4-3-5-7-11/h10-11,13H,1,3-8H2,2H3/t10-/m1/s1. The van der Waals surface area contributed by atoms with E-state index in [2.05, 4.69) is 34.7 Å². The molecule has 0 unspecified atom stereocenters. The van der Waals surface area contributed by atoms with Crippen LogP contribution in [-0.4, -0.2) is 12.6 Å². The van der Waals surface area contributed by atoms with E-state index < -0.39 is 0 Å². The molecule has 0 aromatic heterocycles. The molecule has 0 amide bonds. The van der Waals surface area contributed by atoms with E-state index in [4.69, 9.17) is 0 Å². The molecule has 1 atom stereocenters. The van der Waals surface area contributed by atoms with Crippen molar-refractivity contribution in [3.05, 3.63) is 11.1 Å². The molecule has 1 N–H and O–H groups in total. The summed E-state index contributed by atoms with van der Waals surface area (Å²) in [5.74, 6) is 0.889. The first-order chi connectivity index (χ1) is 6.20. The summed E-state index contributed by atoms with van der Waals surface area (Å²) >= 11 is 3.37. The third kappa shape index (κ3) is 4.28. The van der Waals surface area contributed by atoms with Crippen LogP contribution in [0.15, 0.2) is 11.1 Å². The SMILES string of the molecule is C=C(Br)CN[C@H](C)C1CCCCC1. The first kappa shape index (κ1) is 11.3. The minimum atomic E-state index is 0.648. The summed E-state index contributed by atoms with van der Waals surface area (Å²) in [5.41, 5.74) is 0. The van der Waals surface area contributed by atoms with Gasteiger partial charge in [0.25, 0.3) is 0 Å². The lowest BCUT2D eigenvalue weighted by atomic mass is 9.84. The van der Waals surface area contributed by atoms with E-state index in [1.807, 2.05) is 0 Å². The molecule has 2 heteroatoms. The number of halogens is 1. The molecule has 1 fully saturated rings. The Morgan fingerprint density at radius 2 is 2.08 bits per heavy atom. The lowest BCUT2D eigenvalue weighted by Gasteiger charge is -2.28. The van der Waals surface area contributed by atoms with Crippen molar-refractivity contribution < 1.29 is 0 Å². The summed E-state index contributed by atoms with van der Waals surface area (Å²) in [6, 6.07) is 0.648. The Kier molecular flexibility index (Phi) is 5.04. The second kappa shape index (κ2) is 5.82. The molecule has 0 bridgehead atoms. The molecule has 0 radical (unpaired) electrons. The molecule has 1 saturated carbocycles. The van der Waals surface area contributed by atoms with Crippen molar-refractivity contribution in [3.63, 3.8) is 0 Å². The maximum atomic E-state index is 3.83. The second-order valence-electron chi connectivity index (χ2n) is 4.08. The molecule has 0 heterocycles. The van der Waals surface area contributed by atoms with Gasteiger partial charge in [0.05, 0.1) is 0 Å². The average molecular weight is 246 g/mol. The van der Waals surface area contributed by atoms with Gasteiger partial charge < -0.3 is 5.32 Å². The van der Waals surface area contributed by atoms with Crippen LogP contribution in [0.3, 0.4) is 0 Å². The van der Waals surface area contributed by atoms with Gasteiger partial charge in [0.1, 0.15) is 0 Å². The topological polar surface area (TPSA) is 12.0 Å². The van der Waals surface area contributed by atoms with Crippen molar-refractivity contribution in [1.29, 1.82) is 0 Å². The van der Waals surface area contributed by atoms with Crippen molar-refractivity contribution in [2.24, 2.45) is 5.92 Å². The summed E-state index contributed by atoms with van der Waals surface area (Å²) in [5, 5.41) is 3.51. The summed E-state index contributed by atoms with van der Waals surface area (Å²) in [6.07, 6.45) is 7.10. The summed E-state index contributed by atoms with van der Waals surface area (Å²) in [6.45, 7) is 7.02. The predicted molar refractivity (Wildman–Crippen MR) is 62.1 cm³/mol. The summed E-state index contributed by atoms with van der Waals surface area (Å²) < 4.78 is 1.05. The number of rotatable bonds is 4. The van der Waals surface area contributed by atoms with Gasteiger partial charge in [-0.3, -0.25) is 0 Å². The average Bonchev–Trinajstić information content (AvgIpc) is 2.15. The quantitative estimate of drug-likeness (QED) is 0.801. The molecule has 0 spiro atoms. The van der Waals surface area contributed by atoms with Gasteiger partial charge in [-0.1, -0.05) is 41.8 Å².